The molecule has 3 rings (SSSR count). The van der Waals surface area contributed by atoms with Crippen LogP contribution in [0.5, 0.6) is 0 Å². The van der Waals surface area contributed by atoms with Gasteiger partial charge in [0, 0.05) is 15.7 Å². The summed E-state index contributed by atoms with van der Waals surface area (Å²) in [6.45, 7) is 2.07. The zero-order chi connectivity index (χ0) is 14.8. The van der Waals surface area contributed by atoms with Gasteiger partial charge in [-0.05, 0) is 31.2 Å². The van der Waals surface area contributed by atoms with Crippen LogP contribution in [0.2, 0.25) is 0 Å². The first-order valence-electron chi connectivity index (χ1n) is 6.53. The third kappa shape index (κ3) is 2.80. The van der Waals surface area contributed by atoms with E-state index >= 15 is 0 Å². The van der Waals surface area contributed by atoms with Crippen molar-refractivity contribution >= 4 is 31.9 Å². The van der Waals surface area contributed by atoms with E-state index in [1.165, 1.54) is 5.56 Å². The smallest absolute Gasteiger partial charge is 0.169 e. The summed E-state index contributed by atoms with van der Waals surface area (Å²) in [5.41, 5.74) is 3.29. The summed E-state index contributed by atoms with van der Waals surface area (Å²) in [6, 6.07) is 16.4. The van der Waals surface area contributed by atoms with Crippen molar-refractivity contribution in [1.29, 1.82) is 0 Å². The third-order valence-electron chi connectivity index (χ3n) is 3.23. The van der Waals surface area contributed by atoms with Crippen molar-refractivity contribution in [3.05, 3.63) is 64.4 Å². The molecule has 3 nitrogen and oxygen atoms in total. The molecule has 0 aliphatic carbocycles. The standard InChI is InChI=1S/C16H13Br2N3/c1-11-7-8-14(18)13(9-11)16-20-19-15(10-17)21(16)12-5-3-2-4-6-12/h2-9H,10H2,1H3. The number of alkyl halides is 1. The first-order valence-corrected chi connectivity index (χ1v) is 8.44. The average molecular weight is 407 g/mol. The Morgan fingerprint density at radius 2 is 1.81 bits per heavy atom. The molecule has 1 heterocycles. The molecule has 0 atom stereocenters. The molecular weight excluding hydrogens is 394 g/mol. The summed E-state index contributed by atoms with van der Waals surface area (Å²) in [7, 11) is 0. The van der Waals surface area contributed by atoms with Gasteiger partial charge in [-0.2, -0.15) is 0 Å². The summed E-state index contributed by atoms with van der Waals surface area (Å²) in [5, 5.41) is 9.34. The highest BCUT2D eigenvalue weighted by Crippen LogP contribution is 2.30. The summed E-state index contributed by atoms with van der Waals surface area (Å²) in [4.78, 5) is 0. The maximum atomic E-state index is 4.39. The van der Waals surface area contributed by atoms with Crippen LogP contribution in [-0.2, 0) is 5.33 Å². The number of rotatable bonds is 3. The van der Waals surface area contributed by atoms with Gasteiger partial charge in [0.05, 0.1) is 5.33 Å². The van der Waals surface area contributed by atoms with Crippen molar-refractivity contribution in [2.45, 2.75) is 12.3 Å². The molecule has 0 unspecified atom stereocenters. The quantitative estimate of drug-likeness (QED) is 0.579. The maximum absolute atomic E-state index is 4.39. The minimum atomic E-state index is 0.651. The van der Waals surface area contributed by atoms with Crippen molar-refractivity contribution in [2.75, 3.05) is 0 Å². The fraction of sp³-hybridized carbons (Fsp3) is 0.125. The number of halogens is 2. The molecule has 3 aromatic rings. The molecule has 0 amide bonds. The lowest BCUT2D eigenvalue weighted by Crippen LogP contribution is -2.02. The largest absolute Gasteiger partial charge is 0.278 e. The van der Waals surface area contributed by atoms with Crippen LogP contribution in [0.15, 0.2) is 53.0 Å². The van der Waals surface area contributed by atoms with Gasteiger partial charge in [-0.3, -0.25) is 4.57 Å². The Balaban J connectivity index is 2.25. The number of benzene rings is 2. The molecule has 0 aliphatic rings. The lowest BCUT2D eigenvalue weighted by molar-refractivity contribution is 0.962. The molecule has 0 spiro atoms. The predicted octanol–water partition coefficient (Wildman–Crippen LogP) is 4.90. The summed E-state index contributed by atoms with van der Waals surface area (Å²) < 4.78 is 3.09. The Hall–Kier alpha value is -1.46. The van der Waals surface area contributed by atoms with Crippen molar-refractivity contribution in [2.24, 2.45) is 0 Å². The Kier molecular flexibility index (Phi) is 4.22. The second kappa shape index (κ2) is 6.12. The molecule has 0 saturated carbocycles. The predicted molar refractivity (Wildman–Crippen MR) is 91.9 cm³/mol. The van der Waals surface area contributed by atoms with Crippen LogP contribution in [0.4, 0.5) is 0 Å². The van der Waals surface area contributed by atoms with Gasteiger partial charge in [-0.15, -0.1) is 10.2 Å². The average Bonchev–Trinajstić information content (AvgIpc) is 2.94. The highest BCUT2D eigenvalue weighted by atomic mass is 79.9. The molecule has 5 heteroatoms. The number of hydrogen-bond donors (Lipinski definition) is 0. The molecule has 0 N–H and O–H groups in total. The van der Waals surface area contributed by atoms with Gasteiger partial charge in [0.2, 0.25) is 0 Å². The Bertz CT molecular complexity index is 766. The summed E-state index contributed by atoms with van der Waals surface area (Å²) in [6.07, 6.45) is 0. The summed E-state index contributed by atoms with van der Waals surface area (Å²) >= 11 is 7.10. The molecule has 0 aliphatic heterocycles. The molecule has 1 aromatic heterocycles. The van der Waals surface area contributed by atoms with E-state index in [1.807, 2.05) is 24.3 Å². The van der Waals surface area contributed by atoms with Crippen molar-refractivity contribution in [3.8, 4) is 17.1 Å². The SMILES string of the molecule is Cc1ccc(Br)c(-c2nnc(CBr)n2-c2ccccc2)c1. The lowest BCUT2D eigenvalue weighted by Gasteiger charge is -2.11. The van der Waals surface area contributed by atoms with Crippen molar-refractivity contribution in [3.63, 3.8) is 0 Å². The number of aromatic nitrogens is 3. The Morgan fingerprint density at radius 1 is 1.05 bits per heavy atom. The van der Waals surface area contributed by atoms with Crippen LogP contribution in [0, 0.1) is 6.92 Å². The highest BCUT2D eigenvalue weighted by molar-refractivity contribution is 9.10. The molecule has 0 bridgehead atoms. The minimum absolute atomic E-state index is 0.651. The number of para-hydroxylation sites is 1. The van der Waals surface area contributed by atoms with Gasteiger partial charge in [0.25, 0.3) is 0 Å². The van der Waals surface area contributed by atoms with E-state index in [4.69, 9.17) is 0 Å². The zero-order valence-corrected chi connectivity index (χ0v) is 14.6. The Morgan fingerprint density at radius 3 is 2.52 bits per heavy atom. The molecule has 0 fully saturated rings. The fourth-order valence-corrected chi connectivity index (χ4v) is 3.02. The van der Waals surface area contributed by atoms with Crippen LogP contribution < -0.4 is 0 Å². The highest BCUT2D eigenvalue weighted by Gasteiger charge is 2.16. The first-order chi connectivity index (χ1) is 10.2. The molecule has 106 valence electrons. The third-order valence-corrected chi connectivity index (χ3v) is 4.42. The number of nitrogens with zero attached hydrogens (tertiary/aromatic N) is 3. The van der Waals surface area contributed by atoms with Crippen LogP contribution in [0.1, 0.15) is 11.4 Å². The molecule has 0 radical (unpaired) electrons. The second-order valence-corrected chi connectivity index (χ2v) is 6.14. The van der Waals surface area contributed by atoms with Crippen LogP contribution in [0.3, 0.4) is 0 Å². The zero-order valence-electron chi connectivity index (χ0n) is 11.4. The van der Waals surface area contributed by atoms with Crippen LogP contribution >= 0.6 is 31.9 Å². The lowest BCUT2D eigenvalue weighted by atomic mass is 10.1. The topological polar surface area (TPSA) is 30.7 Å². The van der Waals surface area contributed by atoms with Gasteiger partial charge in [0.1, 0.15) is 5.82 Å². The van der Waals surface area contributed by atoms with Gasteiger partial charge < -0.3 is 0 Å². The van der Waals surface area contributed by atoms with Crippen molar-refractivity contribution < 1.29 is 0 Å². The molecular formula is C16H13Br2N3. The van der Waals surface area contributed by atoms with E-state index in [0.717, 1.165) is 27.4 Å². The van der Waals surface area contributed by atoms with Gasteiger partial charge in [-0.25, -0.2) is 0 Å². The van der Waals surface area contributed by atoms with Crippen LogP contribution in [-0.4, -0.2) is 14.8 Å². The van der Waals surface area contributed by atoms with Gasteiger partial charge >= 0.3 is 0 Å². The van der Waals surface area contributed by atoms with E-state index in [1.54, 1.807) is 0 Å². The van der Waals surface area contributed by atoms with E-state index in [0.29, 0.717) is 5.33 Å². The van der Waals surface area contributed by atoms with E-state index < -0.39 is 0 Å². The van der Waals surface area contributed by atoms with Gasteiger partial charge in [-0.1, -0.05) is 61.7 Å². The molecule has 0 saturated heterocycles. The molecule has 2 aromatic carbocycles. The second-order valence-electron chi connectivity index (χ2n) is 4.73. The number of hydrogen-bond acceptors (Lipinski definition) is 2. The molecule has 21 heavy (non-hydrogen) atoms. The fourth-order valence-electron chi connectivity index (χ4n) is 2.24. The maximum Gasteiger partial charge on any atom is 0.169 e. The normalized spacial score (nSPS) is 10.8. The summed E-state index contributed by atoms with van der Waals surface area (Å²) in [5.74, 6) is 1.72. The van der Waals surface area contributed by atoms with Gasteiger partial charge in [0.15, 0.2) is 5.82 Å². The van der Waals surface area contributed by atoms with E-state index in [2.05, 4.69) is 77.8 Å². The minimum Gasteiger partial charge on any atom is -0.278 e. The number of aryl methyl sites for hydroxylation is 1. The van der Waals surface area contributed by atoms with Crippen LogP contribution in [0.25, 0.3) is 17.1 Å². The first kappa shape index (κ1) is 14.5. The van der Waals surface area contributed by atoms with E-state index in [9.17, 15) is 0 Å². The Labute approximate surface area is 140 Å². The monoisotopic (exact) mass is 405 g/mol. The van der Waals surface area contributed by atoms with Crippen molar-refractivity contribution in [1.82, 2.24) is 14.8 Å². The van der Waals surface area contributed by atoms with E-state index in [-0.39, 0.29) is 0 Å².